The summed E-state index contributed by atoms with van der Waals surface area (Å²) < 4.78 is 11.2. The first-order valence-electron chi connectivity index (χ1n) is 11.7. The fraction of sp³-hybridized carbons (Fsp3) is 0.833. The maximum atomic E-state index is 12.5. The summed E-state index contributed by atoms with van der Waals surface area (Å²) in [6.07, 6.45) is 18.8. The standard InChI is InChI=1S/C24H40O4/c1-3-5-6-7-8-10-19-11-15-22(16-12-19)28-24(26)20-13-17-21(18-14-20)27-23(25)9-4-2/h4,9,19-22H,3,5-8,10-18H2,1-2H3. The number of esters is 2. The van der Waals surface area contributed by atoms with E-state index >= 15 is 0 Å². The van der Waals surface area contributed by atoms with Crippen LogP contribution in [0, 0.1) is 11.8 Å². The number of carbonyl (C=O) groups is 2. The summed E-state index contributed by atoms with van der Waals surface area (Å²) in [4.78, 5) is 24.0. The molecule has 0 unspecified atom stereocenters. The third kappa shape index (κ3) is 8.36. The molecule has 0 amide bonds. The quantitative estimate of drug-likeness (QED) is 0.255. The second-order valence-corrected chi connectivity index (χ2v) is 8.69. The molecule has 4 heteroatoms. The highest BCUT2D eigenvalue weighted by molar-refractivity contribution is 5.82. The van der Waals surface area contributed by atoms with Crippen molar-refractivity contribution in [3.63, 3.8) is 0 Å². The van der Waals surface area contributed by atoms with Gasteiger partial charge >= 0.3 is 11.9 Å². The summed E-state index contributed by atoms with van der Waals surface area (Å²) in [6, 6.07) is 0. The van der Waals surface area contributed by atoms with E-state index in [9.17, 15) is 9.59 Å². The molecule has 2 saturated carbocycles. The second kappa shape index (κ2) is 13.0. The Morgan fingerprint density at radius 3 is 2.07 bits per heavy atom. The van der Waals surface area contributed by atoms with Crippen LogP contribution in [-0.2, 0) is 19.1 Å². The molecular formula is C24H40O4. The summed E-state index contributed by atoms with van der Waals surface area (Å²) in [7, 11) is 0. The Morgan fingerprint density at radius 1 is 0.821 bits per heavy atom. The molecule has 0 heterocycles. The van der Waals surface area contributed by atoms with Gasteiger partial charge in [0, 0.05) is 6.08 Å². The number of rotatable bonds is 10. The molecule has 0 N–H and O–H groups in total. The van der Waals surface area contributed by atoms with Gasteiger partial charge in [-0.05, 0) is 64.2 Å². The topological polar surface area (TPSA) is 52.6 Å². The highest BCUT2D eigenvalue weighted by Gasteiger charge is 2.31. The van der Waals surface area contributed by atoms with E-state index in [0.717, 1.165) is 44.4 Å². The van der Waals surface area contributed by atoms with E-state index < -0.39 is 0 Å². The van der Waals surface area contributed by atoms with Crippen LogP contribution in [0.2, 0.25) is 0 Å². The van der Waals surface area contributed by atoms with Crippen molar-refractivity contribution < 1.29 is 19.1 Å². The molecule has 0 radical (unpaired) electrons. The average Bonchev–Trinajstić information content (AvgIpc) is 2.70. The maximum Gasteiger partial charge on any atom is 0.330 e. The highest BCUT2D eigenvalue weighted by Crippen LogP contribution is 2.32. The molecular weight excluding hydrogens is 352 g/mol. The van der Waals surface area contributed by atoms with Crippen LogP contribution in [0.5, 0.6) is 0 Å². The molecule has 160 valence electrons. The van der Waals surface area contributed by atoms with Gasteiger partial charge in [0.15, 0.2) is 0 Å². The van der Waals surface area contributed by atoms with Crippen molar-refractivity contribution in [1.29, 1.82) is 0 Å². The fourth-order valence-corrected chi connectivity index (χ4v) is 4.59. The monoisotopic (exact) mass is 392 g/mol. The lowest BCUT2D eigenvalue weighted by Crippen LogP contribution is -2.32. The minimum absolute atomic E-state index is 0.0204. The Hall–Kier alpha value is -1.32. The van der Waals surface area contributed by atoms with Crippen LogP contribution in [0.15, 0.2) is 12.2 Å². The van der Waals surface area contributed by atoms with Crippen molar-refractivity contribution in [2.24, 2.45) is 11.8 Å². The van der Waals surface area contributed by atoms with Gasteiger partial charge in [-0.25, -0.2) is 4.79 Å². The van der Waals surface area contributed by atoms with E-state index in [4.69, 9.17) is 9.47 Å². The van der Waals surface area contributed by atoms with E-state index in [1.54, 1.807) is 13.0 Å². The first-order chi connectivity index (χ1) is 13.6. The average molecular weight is 393 g/mol. The van der Waals surface area contributed by atoms with Gasteiger partial charge < -0.3 is 9.47 Å². The molecule has 2 fully saturated rings. The lowest BCUT2D eigenvalue weighted by Gasteiger charge is -2.31. The van der Waals surface area contributed by atoms with Gasteiger partial charge in [-0.15, -0.1) is 0 Å². The minimum Gasteiger partial charge on any atom is -0.462 e. The van der Waals surface area contributed by atoms with Crippen molar-refractivity contribution in [3.05, 3.63) is 12.2 Å². The predicted octanol–water partition coefficient (Wildman–Crippen LogP) is 6.13. The second-order valence-electron chi connectivity index (χ2n) is 8.69. The predicted molar refractivity (Wildman–Crippen MR) is 112 cm³/mol. The number of hydrogen-bond acceptors (Lipinski definition) is 4. The Bertz CT molecular complexity index is 483. The number of unbranched alkanes of at least 4 members (excludes halogenated alkanes) is 4. The molecule has 2 rings (SSSR count). The Kier molecular flexibility index (Phi) is 10.7. The molecule has 4 nitrogen and oxygen atoms in total. The van der Waals surface area contributed by atoms with E-state index in [1.807, 2.05) is 0 Å². The van der Waals surface area contributed by atoms with E-state index in [0.29, 0.717) is 0 Å². The third-order valence-electron chi connectivity index (χ3n) is 6.39. The Morgan fingerprint density at radius 2 is 1.43 bits per heavy atom. The number of carbonyl (C=O) groups excluding carboxylic acids is 2. The highest BCUT2D eigenvalue weighted by atomic mass is 16.5. The molecule has 2 aliphatic rings. The van der Waals surface area contributed by atoms with Gasteiger partial charge in [0.1, 0.15) is 12.2 Å². The zero-order chi connectivity index (χ0) is 20.2. The van der Waals surface area contributed by atoms with E-state index in [-0.39, 0.29) is 30.1 Å². The number of allylic oxidation sites excluding steroid dienone is 1. The molecule has 0 aliphatic heterocycles. The zero-order valence-electron chi connectivity index (χ0n) is 18.0. The van der Waals surface area contributed by atoms with Gasteiger partial charge in [0.25, 0.3) is 0 Å². The maximum absolute atomic E-state index is 12.5. The Labute approximate surface area is 171 Å². The summed E-state index contributed by atoms with van der Waals surface area (Å²) in [5.41, 5.74) is 0. The fourth-order valence-electron chi connectivity index (χ4n) is 4.59. The third-order valence-corrected chi connectivity index (χ3v) is 6.39. The van der Waals surface area contributed by atoms with Crippen molar-refractivity contribution >= 4 is 11.9 Å². The van der Waals surface area contributed by atoms with Crippen LogP contribution >= 0.6 is 0 Å². The van der Waals surface area contributed by atoms with E-state index in [1.165, 1.54) is 57.4 Å². The van der Waals surface area contributed by atoms with Crippen LogP contribution in [0.1, 0.15) is 104 Å². The van der Waals surface area contributed by atoms with E-state index in [2.05, 4.69) is 6.92 Å². The van der Waals surface area contributed by atoms with Crippen LogP contribution in [0.25, 0.3) is 0 Å². The molecule has 0 aromatic carbocycles. The molecule has 2 aliphatic carbocycles. The summed E-state index contributed by atoms with van der Waals surface area (Å²) in [5.74, 6) is 0.503. The van der Waals surface area contributed by atoms with Crippen molar-refractivity contribution in [3.8, 4) is 0 Å². The lowest BCUT2D eigenvalue weighted by atomic mass is 9.83. The minimum atomic E-state index is -0.282. The molecule has 28 heavy (non-hydrogen) atoms. The Balaban J connectivity index is 1.58. The molecule has 0 bridgehead atoms. The van der Waals surface area contributed by atoms with Gasteiger partial charge in [-0.1, -0.05) is 51.5 Å². The number of ether oxygens (including phenoxy) is 2. The van der Waals surface area contributed by atoms with Crippen LogP contribution < -0.4 is 0 Å². The molecule has 0 saturated heterocycles. The number of hydrogen-bond donors (Lipinski definition) is 0. The molecule has 0 spiro atoms. The van der Waals surface area contributed by atoms with Crippen molar-refractivity contribution in [1.82, 2.24) is 0 Å². The summed E-state index contributed by atoms with van der Waals surface area (Å²) in [5, 5.41) is 0. The zero-order valence-corrected chi connectivity index (χ0v) is 18.0. The largest absolute Gasteiger partial charge is 0.462 e. The lowest BCUT2D eigenvalue weighted by molar-refractivity contribution is -0.158. The van der Waals surface area contributed by atoms with Crippen molar-refractivity contribution in [2.75, 3.05) is 0 Å². The molecule has 0 aromatic rings. The van der Waals surface area contributed by atoms with Gasteiger partial charge in [-0.3, -0.25) is 4.79 Å². The smallest absolute Gasteiger partial charge is 0.330 e. The van der Waals surface area contributed by atoms with Crippen LogP contribution in [0.3, 0.4) is 0 Å². The molecule has 0 atom stereocenters. The SMILES string of the molecule is CC=CC(=O)OC1CCC(C(=O)OC2CCC(CCCCCCC)CC2)CC1. The van der Waals surface area contributed by atoms with Crippen molar-refractivity contribution in [2.45, 2.75) is 116 Å². The van der Waals surface area contributed by atoms with Gasteiger partial charge in [0.05, 0.1) is 5.92 Å². The summed E-state index contributed by atoms with van der Waals surface area (Å²) >= 11 is 0. The van der Waals surface area contributed by atoms with Gasteiger partial charge in [0.2, 0.25) is 0 Å². The first kappa shape index (κ1) is 23.0. The molecule has 0 aromatic heterocycles. The normalized spacial score (nSPS) is 28.2. The first-order valence-corrected chi connectivity index (χ1v) is 11.7. The van der Waals surface area contributed by atoms with Crippen LogP contribution in [-0.4, -0.2) is 24.1 Å². The summed E-state index contributed by atoms with van der Waals surface area (Å²) in [6.45, 7) is 4.06. The van der Waals surface area contributed by atoms with Crippen LogP contribution in [0.4, 0.5) is 0 Å². The van der Waals surface area contributed by atoms with Gasteiger partial charge in [-0.2, -0.15) is 0 Å².